The summed E-state index contributed by atoms with van der Waals surface area (Å²) in [5, 5.41) is 19.1. The van der Waals surface area contributed by atoms with Gasteiger partial charge >= 0.3 is 5.97 Å². The molecule has 2 amide bonds. The summed E-state index contributed by atoms with van der Waals surface area (Å²) >= 11 is 0. The smallest absolute Gasteiger partial charge is 0.335 e. The Morgan fingerprint density at radius 2 is 1.92 bits per heavy atom. The molecule has 188 valence electrons. The Morgan fingerprint density at radius 3 is 2.68 bits per heavy atom. The molecule has 0 aliphatic heterocycles. The molecule has 0 radical (unpaired) electrons. The van der Waals surface area contributed by atoms with E-state index in [4.69, 9.17) is 0 Å². The van der Waals surface area contributed by atoms with Crippen LogP contribution in [-0.4, -0.2) is 37.5 Å². The molecule has 4 aromatic rings. The summed E-state index contributed by atoms with van der Waals surface area (Å²) in [6.45, 7) is 1.76. The third-order valence-corrected chi connectivity index (χ3v) is 6.44. The van der Waals surface area contributed by atoms with Crippen LogP contribution in [-0.2, 0) is 17.6 Å². The molecule has 11 heteroatoms. The lowest BCUT2D eigenvalue weighted by atomic mass is 9.98. The summed E-state index contributed by atoms with van der Waals surface area (Å²) in [7, 11) is 0. The van der Waals surface area contributed by atoms with Gasteiger partial charge in [-0.2, -0.15) is 5.10 Å². The Balaban J connectivity index is 1.37. The van der Waals surface area contributed by atoms with Gasteiger partial charge in [-0.15, -0.1) is 0 Å². The molecule has 2 aromatic carbocycles. The van der Waals surface area contributed by atoms with Crippen LogP contribution < -0.4 is 10.6 Å². The van der Waals surface area contributed by atoms with E-state index in [-0.39, 0.29) is 35.1 Å². The average Bonchev–Trinajstić information content (AvgIpc) is 3.48. The molecular formula is C26H21F2N5O4. The molecule has 1 atom stereocenters. The van der Waals surface area contributed by atoms with E-state index >= 15 is 0 Å². The number of halogens is 2. The van der Waals surface area contributed by atoms with Crippen LogP contribution in [0.25, 0.3) is 5.65 Å². The van der Waals surface area contributed by atoms with Crippen molar-refractivity contribution >= 4 is 29.2 Å². The molecule has 0 bridgehead atoms. The summed E-state index contributed by atoms with van der Waals surface area (Å²) in [6.07, 6.45) is 2.48. The molecule has 0 spiro atoms. The van der Waals surface area contributed by atoms with Gasteiger partial charge in [0.2, 0.25) is 5.91 Å². The predicted octanol–water partition coefficient (Wildman–Crippen LogP) is 3.61. The van der Waals surface area contributed by atoms with Crippen LogP contribution in [0.4, 0.5) is 14.6 Å². The zero-order valence-corrected chi connectivity index (χ0v) is 19.6. The number of benzene rings is 2. The van der Waals surface area contributed by atoms with E-state index in [1.54, 1.807) is 25.1 Å². The number of nitrogens with one attached hydrogen (secondary N) is 2. The van der Waals surface area contributed by atoms with Crippen molar-refractivity contribution in [2.45, 2.75) is 32.2 Å². The van der Waals surface area contributed by atoms with Crippen molar-refractivity contribution in [2.24, 2.45) is 0 Å². The van der Waals surface area contributed by atoms with Gasteiger partial charge in [0.05, 0.1) is 24.2 Å². The van der Waals surface area contributed by atoms with Gasteiger partial charge in [0.1, 0.15) is 11.5 Å². The number of hydrogen-bond donors (Lipinski definition) is 3. The molecule has 0 saturated carbocycles. The van der Waals surface area contributed by atoms with Gasteiger partial charge in [-0.05, 0) is 60.2 Å². The maximum atomic E-state index is 13.5. The minimum absolute atomic E-state index is 0.0968. The van der Waals surface area contributed by atoms with Crippen LogP contribution in [0.15, 0.2) is 48.7 Å². The number of carboxylic acid groups (broad SMARTS) is 1. The standard InChI is InChI=1S/C26H21F2N5O4/c1-13-15-5-7-20(17(15)4-3-16(13)26(36)37)30-25(35)21-12-22(31-23-8-9-29-33(21)23)32-24(34)11-14-2-6-18(27)19(28)10-14/h2-4,6,8-10,12,20H,5,7,11H2,1H3,(H,30,35)(H,36,37)(H,31,32,34). The van der Waals surface area contributed by atoms with Crippen LogP contribution in [0.1, 0.15) is 55.6 Å². The predicted molar refractivity (Wildman–Crippen MR) is 128 cm³/mol. The number of carbonyl (C=O) groups excluding carboxylic acids is 2. The van der Waals surface area contributed by atoms with Gasteiger partial charge in [0.15, 0.2) is 17.3 Å². The first-order chi connectivity index (χ1) is 17.7. The van der Waals surface area contributed by atoms with E-state index in [2.05, 4.69) is 20.7 Å². The summed E-state index contributed by atoms with van der Waals surface area (Å²) < 4.78 is 28.0. The zero-order chi connectivity index (χ0) is 26.3. The van der Waals surface area contributed by atoms with E-state index in [0.717, 1.165) is 23.3 Å². The van der Waals surface area contributed by atoms with Crippen molar-refractivity contribution in [3.63, 3.8) is 0 Å². The number of rotatable bonds is 6. The van der Waals surface area contributed by atoms with E-state index < -0.39 is 29.4 Å². The van der Waals surface area contributed by atoms with E-state index in [1.165, 1.54) is 22.8 Å². The first-order valence-corrected chi connectivity index (χ1v) is 11.5. The lowest BCUT2D eigenvalue weighted by Crippen LogP contribution is -2.29. The monoisotopic (exact) mass is 505 g/mol. The quantitative estimate of drug-likeness (QED) is 0.368. The number of carboxylic acids is 1. The third-order valence-electron chi connectivity index (χ3n) is 6.44. The second-order valence-corrected chi connectivity index (χ2v) is 8.78. The number of carbonyl (C=O) groups is 3. The van der Waals surface area contributed by atoms with Crippen LogP contribution in [0, 0.1) is 18.6 Å². The zero-order valence-electron chi connectivity index (χ0n) is 19.6. The van der Waals surface area contributed by atoms with Crippen molar-refractivity contribution in [1.29, 1.82) is 0 Å². The molecular weight excluding hydrogens is 484 g/mol. The number of amides is 2. The number of fused-ring (bicyclic) bond motifs is 2. The molecule has 37 heavy (non-hydrogen) atoms. The van der Waals surface area contributed by atoms with Crippen molar-refractivity contribution < 1.29 is 28.3 Å². The Bertz CT molecular complexity index is 1580. The molecule has 0 fully saturated rings. The van der Waals surface area contributed by atoms with E-state index in [1.807, 2.05) is 0 Å². The fourth-order valence-electron chi connectivity index (χ4n) is 4.65. The van der Waals surface area contributed by atoms with Crippen LogP contribution >= 0.6 is 0 Å². The second kappa shape index (κ2) is 9.41. The highest BCUT2D eigenvalue weighted by Crippen LogP contribution is 2.35. The minimum atomic E-state index is -1.05. The van der Waals surface area contributed by atoms with Crippen LogP contribution in [0.2, 0.25) is 0 Å². The molecule has 1 aliphatic rings. The molecule has 1 aliphatic carbocycles. The molecule has 2 heterocycles. The summed E-state index contributed by atoms with van der Waals surface area (Å²) in [4.78, 5) is 41.6. The molecule has 5 rings (SSSR count). The van der Waals surface area contributed by atoms with Crippen LogP contribution in [0.5, 0.6) is 0 Å². The number of nitrogens with zero attached hydrogens (tertiary/aromatic N) is 3. The first kappa shape index (κ1) is 24.0. The summed E-state index contributed by atoms with van der Waals surface area (Å²) in [6, 6.07) is 9.10. The maximum Gasteiger partial charge on any atom is 0.335 e. The van der Waals surface area contributed by atoms with E-state index in [0.29, 0.717) is 24.1 Å². The summed E-state index contributed by atoms with van der Waals surface area (Å²) in [5.41, 5.74) is 3.43. The molecule has 0 saturated heterocycles. The third kappa shape index (κ3) is 4.63. The minimum Gasteiger partial charge on any atom is -0.478 e. The fourth-order valence-corrected chi connectivity index (χ4v) is 4.65. The lowest BCUT2D eigenvalue weighted by molar-refractivity contribution is -0.115. The van der Waals surface area contributed by atoms with Crippen LogP contribution in [0.3, 0.4) is 0 Å². The van der Waals surface area contributed by atoms with Crippen molar-refractivity contribution in [2.75, 3.05) is 5.32 Å². The van der Waals surface area contributed by atoms with Gasteiger partial charge in [-0.1, -0.05) is 12.1 Å². The largest absolute Gasteiger partial charge is 0.478 e. The van der Waals surface area contributed by atoms with Gasteiger partial charge in [-0.3, -0.25) is 9.59 Å². The highest BCUT2D eigenvalue weighted by molar-refractivity contribution is 5.97. The number of aromatic carboxylic acids is 1. The second-order valence-electron chi connectivity index (χ2n) is 8.78. The Kier molecular flexibility index (Phi) is 6.12. The molecule has 9 nitrogen and oxygen atoms in total. The number of aromatic nitrogens is 3. The number of hydrogen-bond acceptors (Lipinski definition) is 5. The molecule has 2 aromatic heterocycles. The van der Waals surface area contributed by atoms with Crippen molar-refractivity contribution in [3.8, 4) is 0 Å². The maximum absolute atomic E-state index is 13.5. The van der Waals surface area contributed by atoms with Gasteiger partial charge in [0.25, 0.3) is 5.91 Å². The topological polar surface area (TPSA) is 126 Å². The Labute approximate surface area is 209 Å². The average molecular weight is 505 g/mol. The van der Waals surface area contributed by atoms with Gasteiger partial charge < -0.3 is 15.7 Å². The SMILES string of the molecule is Cc1c(C(=O)O)ccc2c1CCC2NC(=O)c1cc(NC(=O)Cc2ccc(F)c(F)c2)nc2ccnn12. The normalized spacial score (nSPS) is 14.4. The number of anilines is 1. The van der Waals surface area contributed by atoms with Crippen molar-refractivity contribution in [3.05, 3.63) is 93.8 Å². The van der Waals surface area contributed by atoms with Gasteiger partial charge in [0, 0.05) is 12.1 Å². The first-order valence-electron chi connectivity index (χ1n) is 11.5. The summed E-state index contributed by atoms with van der Waals surface area (Å²) in [5.74, 6) is -3.93. The Morgan fingerprint density at radius 1 is 1.11 bits per heavy atom. The lowest BCUT2D eigenvalue weighted by Gasteiger charge is -2.16. The fraction of sp³-hybridized carbons (Fsp3) is 0.192. The molecule has 3 N–H and O–H groups in total. The molecule has 1 unspecified atom stereocenters. The highest BCUT2D eigenvalue weighted by Gasteiger charge is 2.28. The van der Waals surface area contributed by atoms with Crippen molar-refractivity contribution in [1.82, 2.24) is 19.9 Å². The highest BCUT2D eigenvalue weighted by atomic mass is 19.2. The van der Waals surface area contributed by atoms with E-state index in [9.17, 15) is 28.3 Å². The Hall–Kier alpha value is -4.67. The van der Waals surface area contributed by atoms with Gasteiger partial charge in [-0.25, -0.2) is 23.1 Å².